The predicted molar refractivity (Wildman–Crippen MR) is 137 cm³/mol. The third kappa shape index (κ3) is 4.25. The highest BCUT2D eigenvalue weighted by molar-refractivity contribution is 6.30. The standard InChI is InChI=1S/C27H34ClN3O5/c1-4-13-29(14-5-2)24(33)21-20-11-12-27(36-20)22(21)25(34)31(16-17-32)23(27)26(35)30(15-6-3)19-9-7-18(28)8-10-19/h4,6-10,20-23,32H,1,3,5,11-17H2,2H3/t20-,21+,22+,23?,27?/m1/s1. The first-order valence-corrected chi connectivity index (χ1v) is 12.9. The molecule has 9 heteroatoms. The van der Waals surface area contributed by atoms with Crippen LogP contribution in [0.5, 0.6) is 0 Å². The Morgan fingerprint density at radius 3 is 2.53 bits per heavy atom. The first-order valence-electron chi connectivity index (χ1n) is 12.5. The maximum absolute atomic E-state index is 14.2. The van der Waals surface area contributed by atoms with Crippen LogP contribution in [-0.2, 0) is 19.1 Å². The normalized spacial score (nSPS) is 28.2. The number of carbonyl (C=O) groups excluding carboxylic acids is 3. The molecule has 1 aromatic rings. The van der Waals surface area contributed by atoms with Crippen molar-refractivity contribution in [2.45, 2.75) is 43.9 Å². The number of rotatable bonds is 11. The number of hydrogen-bond acceptors (Lipinski definition) is 5. The van der Waals surface area contributed by atoms with E-state index in [0.717, 1.165) is 6.42 Å². The van der Waals surface area contributed by atoms with Crippen molar-refractivity contribution in [3.05, 3.63) is 54.6 Å². The topological polar surface area (TPSA) is 90.4 Å². The van der Waals surface area contributed by atoms with Gasteiger partial charge in [0.1, 0.15) is 11.6 Å². The molecule has 2 bridgehead atoms. The quantitative estimate of drug-likeness (QED) is 0.458. The van der Waals surface area contributed by atoms with Crippen LogP contribution in [0.4, 0.5) is 5.69 Å². The fraction of sp³-hybridized carbons (Fsp3) is 0.519. The number of β-amino-alcohol motifs (C(OH)–C–C–N with tert-alkyl or cyclic N) is 1. The van der Waals surface area contributed by atoms with Gasteiger partial charge in [-0.25, -0.2) is 0 Å². The maximum Gasteiger partial charge on any atom is 0.253 e. The number of carbonyl (C=O) groups is 3. The van der Waals surface area contributed by atoms with Gasteiger partial charge >= 0.3 is 0 Å². The zero-order chi connectivity index (χ0) is 26.0. The Morgan fingerprint density at radius 1 is 1.22 bits per heavy atom. The molecule has 4 rings (SSSR count). The van der Waals surface area contributed by atoms with E-state index in [4.69, 9.17) is 16.3 Å². The Labute approximate surface area is 217 Å². The predicted octanol–water partition coefficient (Wildman–Crippen LogP) is 2.65. The Hall–Kier alpha value is -2.68. The summed E-state index contributed by atoms with van der Waals surface area (Å²) in [5.41, 5.74) is -0.507. The van der Waals surface area contributed by atoms with Crippen molar-refractivity contribution in [1.82, 2.24) is 9.80 Å². The van der Waals surface area contributed by atoms with Crippen molar-refractivity contribution in [3.63, 3.8) is 0 Å². The molecule has 0 aliphatic carbocycles. The SMILES string of the molecule is C=CCN(CCC)C(=O)[C@@H]1[C@H]2C(=O)N(CCO)C(C(=O)N(CC=C)c3ccc(Cl)cc3)C23CC[C@H]1O3. The van der Waals surface area contributed by atoms with E-state index in [9.17, 15) is 19.5 Å². The molecule has 194 valence electrons. The van der Waals surface area contributed by atoms with Crippen LogP contribution in [0, 0.1) is 11.8 Å². The highest BCUT2D eigenvalue weighted by Gasteiger charge is 2.74. The summed E-state index contributed by atoms with van der Waals surface area (Å²) in [6.07, 6.45) is 4.73. The molecule has 36 heavy (non-hydrogen) atoms. The summed E-state index contributed by atoms with van der Waals surface area (Å²) in [5, 5.41) is 10.3. The van der Waals surface area contributed by atoms with Crippen molar-refractivity contribution < 1.29 is 24.2 Å². The van der Waals surface area contributed by atoms with Crippen LogP contribution < -0.4 is 4.90 Å². The molecule has 8 nitrogen and oxygen atoms in total. The lowest BCUT2D eigenvalue weighted by Gasteiger charge is -2.36. The van der Waals surface area contributed by atoms with Gasteiger partial charge in [-0.1, -0.05) is 30.7 Å². The summed E-state index contributed by atoms with van der Waals surface area (Å²) in [6.45, 7) is 10.4. The monoisotopic (exact) mass is 515 g/mol. The second-order valence-electron chi connectivity index (χ2n) is 9.60. The summed E-state index contributed by atoms with van der Waals surface area (Å²) in [4.78, 5) is 46.4. The van der Waals surface area contributed by atoms with E-state index in [-0.39, 0.29) is 37.4 Å². The number of ether oxygens (including phenoxy) is 1. The lowest BCUT2D eigenvalue weighted by Crippen LogP contribution is -2.57. The minimum atomic E-state index is -1.12. The van der Waals surface area contributed by atoms with Crippen LogP contribution in [0.3, 0.4) is 0 Å². The number of nitrogens with zero attached hydrogens (tertiary/aromatic N) is 3. The Bertz CT molecular complexity index is 1030. The van der Waals surface area contributed by atoms with Crippen molar-refractivity contribution in [2.24, 2.45) is 11.8 Å². The number of likely N-dealkylation sites (tertiary alicyclic amines) is 1. The van der Waals surface area contributed by atoms with Gasteiger partial charge in [0.05, 0.1) is 24.5 Å². The van der Waals surface area contributed by atoms with Gasteiger partial charge in [-0.2, -0.15) is 0 Å². The molecule has 2 unspecified atom stereocenters. The molecule has 5 atom stereocenters. The van der Waals surface area contributed by atoms with Gasteiger partial charge in [-0.3, -0.25) is 14.4 Å². The number of fused-ring (bicyclic) bond motifs is 1. The number of amides is 3. The third-order valence-electron chi connectivity index (χ3n) is 7.53. The molecular formula is C27H34ClN3O5. The van der Waals surface area contributed by atoms with Crippen molar-refractivity contribution in [3.8, 4) is 0 Å². The van der Waals surface area contributed by atoms with E-state index in [1.165, 1.54) is 4.90 Å². The summed E-state index contributed by atoms with van der Waals surface area (Å²) >= 11 is 6.06. The minimum Gasteiger partial charge on any atom is -0.395 e. The average Bonchev–Trinajstić information content (AvgIpc) is 3.50. The van der Waals surface area contributed by atoms with E-state index in [0.29, 0.717) is 36.6 Å². The molecule has 0 saturated carbocycles. The maximum atomic E-state index is 14.2. The molecule has 3 aliphatic heterocycles. The molecule has 3 saturated heterocycles. The fourth-order valence-electron chi connectivity index (χ4n) is 6.21. The van der Waals surface area contributed by atoms with E-state index in [1.54, 1.807) is 46.2 Å². The minimum absolute atomic E-state index is 0.0176. The molecule has 3 fully saturated rings. The van der Waals surface area contributed by atoms with Crippen LogP contribution in [0.25, 0.3) is 0 Å². The van der Waals surface area contributed by atoms with Gasteiger partial charge in [-0.15, -0.1) is 13.2 Å². The number of hydrogen-bond donors (Lipinski definition) is 1. The number of anilines is 1. The molecule has 1 spiro atoms. The van der Waals surface area contributed by atoms with Gasteiger partial charge in [0.25, 0.3) is 5.91 Å². The Kier molecular flexibility index (Phi) is 7.87. The Balaban J connectivity index is 1.74. The van der Waals surface area contributed by atoms with E-state index >= 15 is 0 Å². The number of aliphatic hydroxyl groups excluding tert-OH is 1. The summed E-state index contributed by atoms with van der Waals surface area (Å²) in [5.74, 6) is -2.22. The van der Waals surface area contributed by atoms with Gasteiger partial charge < -0.3 is 24.5 Å². The van der Waals surface area contributed by atoms with Crippen molar-refractivity contribution in [2.75, 3.05) is 37.7 Å². The lowest BCUT2D eigenvalue weighted by atomic mass is 9.70. The highest BCUT2D eigenvalue weighted by atomic mass is 35.5. The number of benzene rings is 1. The molecule has 3 amide bonds. The molecule has 0 aromatic heterocycles. The molecule has 3 aliphatic rings. The largest absolute Gasteiger partial charge is 0.395 e. The summed E-state index contributed by atoms with van der Waals surface area (Å²) in [6, 6.07) is 5.91. The second kappa shape index (κ2) is 10.7. The van der Waals surface area contributed by atoms with Crippen LogP contribution in [0.15, 0.2) is 49.6 Å². The number of halogens is 1. The van der Waals surface area contributed by atoms with Gasteiger partial charge in [0.2, 0.25) is 11.8 Å². The van der Waals surface area contributed by atoms with E-state index in [1.807, 2.05) is 6.92 Å². The smallest absolute Gasteiger partial charge is 0.253 e. The van der Waals surface area contributed by atoms with Gasteiger partial charge in [0.15, 0.2) is 0 Å². The van der Waals surface area contributed by atoms with Crippen LogP contribution in [-0.4, -0.2) is 83.2 Å². The Morgan fingerprint density at radius 2 is 1.92 bits per heavy atom. The van der Waals surface area contributed by atoms with Crippen LogP contribution in [0.1, 0.15) is 26.2 Å². The fourth-order valence-corrected chi connectivity index (χ4v) is 6.34. The zero-order valence-corrected chi connectivity index (χ0v) is 21.4. The molecular weight excluding hydrogens is 482 g/mol. The first kappa shape index (κ1) is 26.4. The first-order chi connectivity index (χ1) is 17.3. The van der Waals surface area contributed by atoms with E-state index in [2.05, 4.69) is 13.2 Å². The molecule has 1 aromatic carbocycles. The summed E-state index contributed by atoms with van der Waals surface area (Å²) < 4.78 is 6.48. The van der Waals surface area contributed by atoms with Gasteiger partial charge in [0, 0.05) is 36.9 Å². The molecule has 3 heterocycles. The second-order valence-corrected chi connectivity index (χ2v) is 10.0. The lowest BCUT2D eigenvalue weighted by molar-refractivity contribution is -0.145. The molecule has 0 radical (unpaired) electrons. The van der Waals surface area contributed by atoms with Crippen LogP contribution in [0.2, 0.25) is 5.02 Å². The number of aliphatic hydroxyl groups is 1. The third-order valence-corrected chi connectivity index (χ3v) is 7.78. The van der Waals surface area contributed by atoms with Gasteiger partial charge in [-0.05, 0) is 43.5 Å². The van der Waals surface area contributed by atoms with Crippen molar-refractivity contribution >= 4 is 35.0 Å². The zero-order valence-electron chi connectivity index (χ0n) is 20.6. The average molecular weight is 516 g/mol. The van der Waals surface area contributed by atoms with Crippen LogP contribution >= 0.6 is 11.6 Å². The van der Waals surface area contributed by atoms with Crippen molar-refractivity contribution in [1.29, 1.82) is 0 Å². The van der Waals surface area contributed by atoms with E-state index < -0.39 is 29.6 Å². The molecule has 1 N–H and O–H groups in total. The highest BCUT2D eigenvalue weighted by Crippen LogP contribution is 2.59. The summed E-state index contributed by atoms with van der Waals surface area (Å²) in [7, 11) is 0.